The first-order valence-electron chi connectivity index (χ1n) is 15.2. The van der Waals surface area contributed by atoms with Crippen molar-refractivity contribution in [2.75, 3.05) is 18.6 Å². The average molecular weight is 601 g/mol. The van der Waals surface area contributed by atoms with Crippen LogP contribution in [0, 0.1) is 29.1 Å². The fourth-order valence-corrected chi connectivity index (χ4v) is 8.10. The molecule has 2 N–H and O–H groups in total. The number of carboxylic acid groups (broad SMARTS) is 1. The Balaban J connectivity index is 1.39. The van der Waals surface area contributed by atoms with Crippen LogP contribution in [0.5, 0.6) is 11.5 Å². The number of likely N-dealkylation sites (tertiary alicyclic amines) is 1. The number of carboxylic acids is 1. The topological polar surface area (TPSA) is 142 Å². The number of aromatic hydroxyl groups is 1. The van der Waals surface area contributed by atoms with Crippen LogP contribution >= 0.6 is 0 Å². The van der Waals surface area contributed by atoms with Crippen LogP contribution in [0.4, 0.5) is 5.69 Å². The van der Waals surface area contributed by atoms with E-state index in [0.29, 0.717) is 36.9 Å². The highest BCUT2D eigenvalue weighted by Gasteiger charge is 2.67. The van der Waals surface area contributed by atoms with Crippen LogP contribution in [-0.4, -0.2) is 58.4 Å². The maximum Gasteiger partial charge on any atom is 0.303 e. The van der Waals surface area contributed by atoms with Crippen LogP contribution in [0.15, 0.2) is 60.2 Å². The van der Waals surface area contributed by atoms with Crippen molar-refractivity contribution in [2.24, 2.45) is 29.1 Å². The van der Waals surface area contributed by atoms with Gasteiger partial charge in [0.05, 0.1) is 36.0 Å². The SMILES string of the molecule is COc1cc(C2C3=CCC4C(=O)N(CCCCCC(=O)O)C(=O)C4C3CC3C(=O)N(c4ccccc4)C(=O)C32C)ccc1O. The standard InChI is InChI=1S/C34H36N2O8/c1-34-24(31(41)36(33(34)43)20-9-5-3-6-10-20)18-23-21(29(34)19-12-15-25(37)26(17-19)44-2)13-14-22-28(23)32(42)35(30(22)40)16-8-4-7-11-27(38)39/h3,5-6,9-10,12-13,15,17,22-24,28-29,37H,4,7-8,11,14,16,18H2,1-2H3,(H,38,39). The minimum Gasteiger partial charge on any atom is -0.504 e. The van der Waals surface area contributed by atoms with Crippen molar-refractivity contribution in [2.45, 2.75) is 51.4 Å². The zero-order chi connectivity index (χ0) is 31.3. The van der Waals surface area contributed by atoms with E-state index in [1.54, 1.807) is 36.4 Å². The van der Waals surface area contributed by atoms with E-state index >= 15 is 0 Å². The molecule has 6 atom stereocenters. The van der Waals surface area contributed by atoms with Gasteiger partial charge in [-0.1, -0.05) is 42.3 Å². The maximum absolute atomic E-state index is 14.4. The minimum atomic E-state index is -1.18. The number of imide groups is 2. The number of ether oxygens (including phenoxy) is 1. The number of phenols is 1. The number of fused-ring (bicyclic) bond motifs is 4. The van der Waals surface area contributed by atoms with E-state index < -0.39 is 41.0 Å². The highest BCUT2D eigenvalue weighted by atomic mass is 16.5. The number of para-hydroxylation sites is 1. The third-order valence-electron chi connectivity index (χ3n) is 10.2. The zero-order valence-corrected chi connectivity index (χ0v) is 24.8. The van der Waals surface area contributed by atoms with E-state index in [4.69, 9.17) is 9.84 Å². The highest BCUT2D eigenvalue weighted by molar-refractivity contribution is 6.24. The summed E-state index contributed by atoms with van der Waals surface area (Å²) in [5.74, 6) is -4.82. The summed E-state index contributed by atoms with van der Waals surface area (Å²) >= 11 is 0. The van der Waals surface area contributed by atoms with Gasteiger partial charge < -0.3 is 14.9 Å². The smallest absolute Gasteiger partial charge is 0.303 e. The van der Waals surface area contributed by atoms with E-state index in [0.717, 1.165) is 5.57 Å². The molecule has 6 unspecified atom stereocenters. The summed E-state index contributed by atoms with van der Waals surface area (Å²) in [6, 6.07) is 13.7. The molecule has 0 bridgehead atoms. The number of aliphatic carboxylic acids is 1. The van der Waals surface area contributed by atoms with E-state index in [1.165, 1.54) is 23.0 Å². The monoisotopic (exact) mass is 600 g/mol. The Morgan fingerprint density at radius 3 is 2.43 bits per heavy atom. The molecule has 10 nitrogen and oxygen atoms in total. The van der Waals surface area contributed by atoms with Crippen molar-refractivity contribution in [1.29, 1.82) is 0 Å². The number of hydrogen-bond acceptors (Lipinski definition) is 7. The average Bonchev–Trinajstić information content (AvgIpc) is 3.37. The number of benzene rings is 2. The Labute approximate surface area is 255 Å². The van der Waals surface area contributed by atoms with Gasteiger partial charge >= 0.3 is 5.97 Å². The quantitative estimate of drug-likeness (QED) is 0.247. The molecule has 0 aromatic heterocycles. The van der Waals surface area contributed by atoms with E-state index in [-0.39, 0.29) is 54.5 Å². The van der Waals surface area contributed by atoms with Gasteiger partial charge in [0.2, 0.25) is 23.6 Å². The fraction of sp³-hybridized carbons (Fsp3) is 0.441. The van der Waals surface area contributed by atoms with Crippen molar-refractivity contribution in [3.63, 3.8) is 0 Å². The zero-order valence-electron chi connectivity index (χ0n) is 24.8. The lowest BCUT2D eigenvalue weighted by atomic mass is 9.51. The Kier molecular flexibility index (Phi) is 7.55. The number of rotatable bonds is 9. The Morgan fingerprint density at radius 1 is 0.977 bits per heavy atom. The molecule has 2 heterocycles. The lowest BCUT2D eigenvalue weighted by molar-refractivity contribution is -0.141. The largest absolute Gasteiger partial charge is 0.504 e. The molecule has 0 radical (unpaired) electrons. The van der Waals surface area contributed by atoms with Crippen LogP contribution in [-0.2, 0) is 24.0 Å². The van der Waals surface area contributed by atoms with Crippen molar-refractivity contribution < 1.29 is 38.9 Å². The van der Waals surface area contributed by atoms with E-state index in [9.17, 15) is 29.1 Å². The normalized spacial score (nSPS) is 29.3. The number of carbonyl (C=O) groups is 5. The molecule has 2 aliphatic carbocycles. The molecule has 6 rings (SSSR count). The van der Waals surface area contributed by atoms with Gasteiger partial charge in [0.1, 0.15) is 0 Å². The van der Waals surface area contributed by atoms with Gasteiger partial charge in [-0.2, -0.15) is 0 Å². The Morgan fingerprint density at radius 2 is 1.73 bits per heavy atom. The summed E-state index contributed by atoms with van der Waals surface area (Å²) in [6.07, 6.45) is 4.20. The molecule has 0 spiro atoms. The number of anilines is 1. The molecule has 4 amide bonds. The third-order valence-corrected chi connectivity index (χ3v) is 10.2. The van der Waals surface area contributed by atoms with Crippen molar-refractivity contribution in [1.82, 2.24) is 4.90 Å². The van der Waals surface area contributed by atoms with Crippen LogP contribution < -0.4 is 9.64 Å². The second-order valence-electron chi connectivity index (χ2n) is 12.5. The molecule has 2 aromatic rings. The first-order chi connectivity index (χ1) is 21.1. The van der Waals surface area contributed by atoms with Crippen LogP contribution in [0.2, 0.25) is 0 Å². The summed E-state index contributed by atoms with van der Waals surface area (Å²) in [5, 5.41) is 19.3. The lowest BCUT2D eigenvalue weighted by Gasteiger charge is -2.49. The van der Waals surface area contributed by atoms with Crippen LogP contribution in [0.1, 0.15) is 56.9 Å². The molecule has 2 aromatic carbocycles. The number of hydrogen-bond donors (Lipinski definition) is 2. The molecule has 2 aliphatic heterocycles. The van der Waals surface area contributed by atoms with Crippen LogP contribution in [0.25, 0.3) is 0 Å². The summed E-state index contributed by atoms with van der Waals surface area (Å²) < 4.78 is 5.41. The third kappa shape index (κ3) is 4.50. The number of phenolic OH excluding ortho intramolecular Hbond substituents is 1. The van der Waals surface area contributed by atoms with Gasteiger partial charge in [-0.15, -0.1) is 0 Å². The summed E-state index contributed by atoms with van der Waals surface area (Å²) in [4.78, 5) is 69.4. The molecular weight excluding hydrogens is 564 g/mol. The minimum absolute atomic E-state index is 0.0405. The summed E-state index contributed by atoms with van der Waals surface area (Å²) in [6.45, 7) is 2.05. The number of nitrogens with zero attached hydrogens (tertiary/aromatic N) is 2. The highest BCUT2D eigenvalue weighted by Crippen LogP contribution is 2.63. The first kappa shape index (κ1) is 29.6. The van der Waals surface area contributed by atoms with Gasteiger partial charge in [-0.05, 0) is 68.4 Å². The Hall–Kier alpha value is -4.47. The lowest BCUT2D eigenvalue weighted by Crippen LogP contribution is -2.48. The number of allylic oxidation sites excluding steroid dienone is 2. The number of amides is 4. The molecule has 3 fully saturated rings. The number of carbonyl (C=O) groups excluding carboxylic acids is 4. The molecule has 230 valence electrons. The number of unbranched alkanes of at least 4 members (excludes halogenated alkanes) is 2. The summed E-state index contributed by atoms with van der Waals surface area (Å²) in [5.41, 5.74) is 0.846. The molecular formula is C34H36N2O8. The van der Waals surface area contributed by atoms with E-state index in [1.807, 2.05) is 19.1 Å². The molecule has 4 aliphatic rings. The summed E-state index contributed by atoms with van der Waals surface area (Å²) in [7, 11) is 1.44. The predicted molar refractivity (Wildman–Crippen MR) is 159 cm³/mol. The molecule has 2 saturated heterocycles. The molecule has 44 heavy (non-hydrogen) atoms. The van der Waals surface area contributed by atoms with Gasteiger partial charge in [0.15, 0.2) is 11.5 Å². The first-order valence-corrected chi connectivity index (χ1v) is 15.2. The fourth-order valence-electron chi connectivity index (χ4n) is 8.10. The van der Waals surface area contributed by atoms with Crippen molar-refractivity contribution in [3.8, 4) is 11.5 Å². The van der Waals surface area contributed by atoms with Crippen molar-refractivity contribution in [3.05, 3.63) is 65.7 Å². The Bertz CT molecular complexity index is 1570. The predicted octanol–water partition coefficient (Wildman–Crippen LogP) is 4.28. The van der Waals surface area contributed by atoms with Gasteiger partial charge in [-0.25, -0.2) is 4.90 Å². The molecule has 10 heteroatoms. The van der Waals surface area contributed by atoms with E-state index in [2.05, 4.69) is 0 Å². The second kappa shape index (κ2) is 11.2. The van der Waals surface area contributed by atoms with Crippen LogP contribution in [0.3, 0.4) is 0 Å². The van der Waals surface area contributed by atoms with Crippen molar-refractivity contribution >= 4 is 35.3 Å². The second-order valence-corrected chi connectivity index (χ2v) is 12.5. The maximum atomic E-state index is 14.4. The number of methoxy groups -OCH3 is 1. The molecule has 1 saturated carbocycles. The van der Waals surface area contributed by atoms with Gasteiger partial charge in [-0.3, -0.25) is 28.9 Å². The van der Waals surface area contributed by atoms with Gasteiger partial charge in [0, 0.05) is 18.9 Å². The van der Waals surface area contributed by atoms with Gasteiger partial charge in [0.25, 0.3) is 0 Å².